The Bertz CT molecular complexity index is 376. The highest BCUT2D eigenvalue weighted by molar-refractivity contribution is 6.37. The minimum Gasteiger partial charge on any atom is -0.396 e. The van der Waals surface area contributed by atoms with Gasteiger partial charge in [0.2, 0.25) is 0 Å². The second-order valence-corrected chi connectivity index (χ2v) is 4.67. The lowest BCUT2D eigenvalue weighted by molar-refractivity contribution is 0.283. The number of nitrogens with two attached hydrogens (primary N) is 1. The van der Waals surface area contributed by atoms with Gasteiger partial charge in [0.1, 0.15) is 5.82 Å². The Morgan fingerprint density at radius 3 is 2.44 bits per heavy atom. The van der Waals surface area contributed by atoms with E-state index in [1.165, 1.54) is 0 Å². The van der Waals surface area contributed by atoms with E-state index >= 15 is 0 Å². The maximum absolute atomic E-state index is 8.65. The molecule has 0 radical (unpaired) electrons. The molecule has 0 aliphatic heterocycles. The molecule has 0 unspecified atom stereocenters. The van der Waals surface area contributed by atoms with Crippen molar-refractivity contribution in [1.82, 2.24) is 4.98 Å². The van der Waals surface area contributed by atoms with Crippen molar-refractivity contribution in [2.75, 3.05) is 23.9 Å². The smallest absolute Gasteiger partial charge is 0.161 e. The summed E-state index contributed by atoms with van der Waals surface area (Å²) in [5.41, 5.74) is 2.41. The molecule has 0 atom stereocenters. The van der Waals surface area contributed by atoms with Crippen LogP contribution < -0.4 is 16.6 Å². The van der Waals surface area contributed by atoms with Crippen molar-refractivity contribution in [3.8, 4) is 0 Å². The lowest BCUT2D eigenvalue weighted by Crippen LogP contribution is -2.11. The third-order valence-corrected chi connectivity index (χ3v) is 3.02. The van der Waals surface area contributed by atoms with Crippen LogP contribution in [0.2, 0.25) is 10.0 Å². The van der Waals surface area contributed by atoms with Crippen molar-refractivity contribution in [1.29, 1.82) is 0 Å². The van der Waals surface area contributed by atoms with Crippen LogP contribution in [0.25, 0.3) is 0 Å². The largest absolute Gasteiger partial charge is 0.396 e. The molecule has 1 rings (SSSR count). The van der Waals surface area contributed by atoms with Crippen LogP contribution in [0.1, 0.15) is 25.7 Å². The van der Waals surface area contributed by atoms with Crippen LogP contribution >= 0.6 is 23.2 Å². The number of halogens is 2. The van der Waals surface area contributed by atoms with Crippen molar-refractivity contribution < 1.29 is 5.11 Å². The number of unbranched alkanes of at least 4 members (excludes halogenated alkanes) is 3. The van der Waals surface area contributed by atoms with Crippen molar-refractivity contribution in [3.63, 3.8) is 0 Å². The van der Waals surface area contributed by atoms with Gasteiger partial charge in [-0.2, -0.15) is 0 Å². The van der Waals surface area contributed by atoms with E-state index in [4.69, 9.17) is 34.2 Å². The number of nitrogens with one attached hydrogen (secondary N) is 2. The Labute approximate surface area is 117 Å². The zero-order valence-electron chi connectivity index (χ0n) is 10.0. The number of nitrogen functional groups attached to an aromatic ring is 1. The monoisotopic (exact) mass is 292 g/mol. The number of aliphatic hydroxyl groups is 1. The molecule has 0 fully saturated rings. The van der Waals surface area contributed by atoms with Gasteiger partial charge in [-0.15, -0.1) is 0 Å². The van der Waals surface area contributed by atoms with Gasteiger partial charge >= 0.3 is 0 Å². The molecule has 18 heavy (non-hydrogen) atoms. The van der Waals surface area contributed by atoms with Crippen molar-refractivity contribution >= 4 is 34.8 Å². The summed E-state index contributed by atoms with van der Waals surface area (Å²) in [7, 11) is 0. The third kappa shape index (κ3) is 4.86. The molecule has 1 heterocycles. The number of rotatable bonds is 8. The molecular weight excluding hydrogens is 275 g/mol. The van der Waals surface area contributed by atoms with Gasteiger partial charge in [-0.1, -0.05) is 36.0 Å². The maximum atomic E-state index is 8.65. The number of hydrogen-bond acceptors (Lipinski definition) is 5. The SMILES string of the molecule is NNc1nc(NCCCCCCO)c(Cl)cc1Cl. The lowest BCUT2D eigenvalue weighted by atomic mass is 10.2. The fourth-order valence-electron chi connectivity index (χ4n) is 1.49. The zero-order valence-corrected chi connectivity index (χ0v) is 11.6. The first-order valence-corrected chi connectivity index (χ1v) is 6.62. The van der Waals surface area contributed by atoms with Crippen LogP contribution in [-0.2, 0) is 0 Å². The number of aliphatic hydroxyl groups excluding tert-OH is 1. The molecule has 0 saturated carbocycles. The molecule has 0 bridgehead atoms. The predicted octanol–water partition coefficient (Wildman–Crippen LogP) is 2.64. The van der Waals surface area contributed by atoms with Gasteiger partial charge in [0, 0.05) is 13.2 Å². The van der Waals surface area contributed by atoms with E-state index in [1.54, 1.807) is 6.07 Å². The van der Waals surface area contributed by atoms with E-state index in [9.17, 15) is 0 Å². The van der Waals surface area contributed by atoms with Crippen molar-refractivity contribution in [3.05, 3.63) is 16.1 Å². The normalized spacial score (nSPS) is 10.4. The summed E-state index contributed by atoms with van der Waals surface area (Å²) in [6.45, 7) is 1.02. The minimum atomic E-state index is 0.253. The van der Waals surface area contributed by atoms with Gasteiger partial charge in [0.05, 0.1) is 10.0 Å². The number of hydrazine groups is 1. The highest BCUT2D eigenvalue weighted by atomic mass is 35.5. The molecule has 102 valence electrons. The van der Waals surface area contributed by atoms with Gasteiger partial charge in [0.25, 0.3) is 0 Å². The topological polar surface area (TPSA) is 83.2 Å². The Morgan fingerprint density at radius 1 is 1.11 bits per heavy atom. The number of anilines is 2. The predicted molar refractivity (Wildman–Crippen MR) is 76.1 cm³/mol. The second kappa shape index (κ2) is 8.37. The molecule has 5 nitrogen and oxygen atoms in total. The Balaban J connectivity index is 2.42. The summed E-state index contributed by atoms with van der Waals surface area (Å²) in [4.78, 5) is 4.17. The van der Waals surface area contributed by atoms with E-state index in [0.29, 0.717) is 21.7 Å². The van der Waals surface area contributed by atoms with Gasteiger partial charge in [-0.05, 0) is 18.9 Å². The number of aromatic nitrogens is 1. The maximum Gasteiger partial charge on any atom is 0.161 e. The average molecular weight is 293 g/mol. The fraction of sp³-hybridized carbons (Fsp3) is 0.545. The Kier molecular flexibility index (Phi) is 7.12. The summed E-state index contributed by atoms with van der Waals surface area (Å²) in [5.74, 6) is 6.25. The van der Waals surface area contributed by atoms with E-state index in [1.807, 2.05) is 0 Å². The van der Waals surface area contributed by atoms with E-state index in [-0.39, 0.29) is 6.61 Å². The fourth-order valence-corrected chi connectivity index (χ4v) is 1.97. The Morgan fingerprint density at radius 2 is 1.78 bits per heavy atom. The van der Waals surface area contributed by atoms with E-state index in [2.05, 4.69) is 15.7 Å². The summed E-state index contributed by atoms with van der Waals surface area (Å²) in [6.07, 6.45) is 3.92. The standard InChI is InChI=1S/C11H18Cl2N4O/c12-8-7-9(13)11(17-14)16-10(8)15-5-3-1-2-4-6-18/h7,18H,1-6,14H2,(H2,15,16,17). The van der Waals surface area contributed by atoms with Crippen molar-refractivity contribution in [2.45, 2.75) is 25.7 Å². The van der Waals surface area contributed by atoms with Crippen LogP contribution in [0.3, 0.4) is 0 Å². The molecule has 0 amide bonds. The number of hydrogen-bond donors (Lipinski definition) is 4. The Hall–Kier alpha value is -0.750. The first-order chi connectivity index (χ1) is 8.69. The zero-order chi connectivity index (χ0) is 13.4. The molecular formula is C11H18Cl2N4O. The minimum absolute atomic E-state index is 0.253. The highest BCUT2D eigenvalue weighted by Gasteiger charge is 2.07. The molecule has 1 aromatic heterocycles. The molecule has 0 aliphatic carbocycles. The first-order valence-electron chi connectivity index (χ1n) is 5.86. The summed E-state index contributed by atoms with van der Waals surface area (Å²) >= 11 is 11.9. The molecule has 0 spiro atoms. The van der Waals surface area contributed by atoms with Gasteiger partial charge in [-0.3, -0.25) is 0 Å². The van der Waals surface area contributed by atoms with Crippen LogP contribution in [0.15, 0.2) is 6.07 Å². The van der Waals surface area contributed by atoms with E-state index in [0.717, 1.165) is 32.2 Å². The summed E-state index contributed by atoms with van der Waals surface area (Å²) in [6, 6.07) is 1.60. The first kappa shape index (κ1) is 15.3. The number of nitrogens with zero attached hydrogens (tertiary/aromatic N) is 1. The average Bonchev–Trinajstić information content (AvgIpc) is 2.36. The van der Waals surface area contributed by atoms with Crippen LogP contribution in [-0.4, -0.2) is 23.2 Å². The molecule has 5 N–H and O–H groups in total. The highest BCUT2D eigenvalue weighted by Crippen LogP contribution is 2.28. The summed E-state index contributed by atoms with van der Waals surface area (Å²) < 4.78 is 0. The van der Waals surface area contributed by atoms with Gasteiger partial charge in [-0.25, -0.2) is 10.8 Å². The molecule has 0 aromatic carbocycles. The molecule has 7 heteroatoms. The second-order valence-electron chi connectivity index (χ2n) is 3.86. The molecule has 0 saturated heterocycles. The van der Waals surface area contributed by atoms with Gasteiger partial charge in [0.15, 0.2) is 5.82 Å². The molecule has 1 aromatic rings. The lowest BCUT2D eigenvalue weighted by Gasteiger charge is -2.10. The van der Waals surface area contributed by atoms with Gasteiger partial charge < -0.3 is 15.8 Å². The van der Waals surface area contributed by atoms with Crippen LogP contribution in [0, 0.1) is 0 Å². The third-order valence-electron chi connectivity index (χ3n) is 2.44. The van der Waals surface area contributed by atoms with Crippen LogP contribution in [0.5, 0.6) is 0 Å². The van der Waals surface area contributed by atoms with E-state index < -0.39 is 0 Å². The summed E-state index contributed by atoms with van der Waals surface area (Å²) in [5, 5.41) is 12.6. The molecule has 0 aliphatic rings. The van der Waals surface area contributed by atoms with Crippen LogP contribution in [0.4, 0.5) is 11.6 Å². The quantitative estimate of drug-likeness (QED) is 0.336. The van der Waals surface area contributed by atoms with Crippen molar-refractivity contribution in [2.24, 2.45) is 5.84 Å². The number of pyridine rings is 1.